The molecule has 1 aromatic heterocycles. The summed E-state index contributed by atoms with van der Waals surface area (Å²) in [6, 6.07) is 0. The molecule has 0 aliphatic rings. The van der Waals surface area contributed by atoms with Crippen LogP contribution in [0.25, 0.3) is 0 Å². The fourth-order valence-corrected chi connectivity index (χ4v) is 0.795. The van der Waals surface area contributed by atoms with Gasteiger partial charge in [-0.25, -0.2) is 9.97 Å². The van der Waals surface area contributed by atoms with Gasteiger partial charge in [0.2, 0.25) is 0 Å². The number of nitrogens with zero attached hydrogens (tertiary/aromatic N) is 2. The van der Waals surface area contributed by atoms with Crippen molar-refractivity contribution < 1.29 is 0 Å². The lowest BCUT2D eigenvalue weighted by Gasteiger charge is -2.19. The molecule has 0 amide bonds. The highest BCUT2D eigenvalue weighted by atomic mass is 14.9. The first-order valence-electron chi connectivity index (χ1n) is 4.11. The Hall–Kier alpha value is -1.40. The number of nitrogens with one attached hydrogen (secondary N) is 1. The van der Waals surface area contributed by atoms with Gasteiger partial charge in [-0.15, -0.1) is 6.42 Å². The number of aromatic nitrogens is 2. The summed E-state index contributed by atoms with van der Waals surface area (Å²) in [7, 11) is 0. The summed E-state index contributed by atoms with van der Waals surface area (Å²) in [5, 5.41) is 3.21. The van der Waals surface area contributed by atoms with Crippen molar-refractivity contribution in [3.05, 3.63) is 24.3 Å². The highest BCUT2D eigenvalue weighted by Crippen LogP contribution is 2.01. The van der Waals surface area contributed by atoms with E-state index in [2.05, 4.69) is 21.2 Å². The van der Waals surface area contributed by atoms with Gasteiger partial charge in [0.15, 0.2) is 0 Å². The number of rotatable bonds is 3. The van der Waals surface area contributed by atoms with Gasteiger partial charge in [-0.05, 0) is 13.8 Å². The molecule has 13 heavy (non-hydrogen) atoms. The molecule has 1 heterocycles. The topological polar surface area (TPSA) is 37.8 Å². The smallest absolute Gasteiger partial charge is 0.115 e. The zero-order valence-corrected chi connectivity index (χ0v) is 7.91. The Kier molecular flexibility index (Phi) is 2.99. The van der Waals surface area contributed by atoms with Crippen molar-refractivity contribution in [1.82, 2.24) is 15.3 Å². The lowest BCUT2D eigenvalue weighted by atomic mass is 10.1. The molecule has 0 saturated heterocycles. The van der Waals surface area contributed by atoms with E-state index in [1.807, 2.05) is 13.8 Å². The van der Waals surface area contributed by atoms with Gasteiger partial charge >= 0.3 is 0 Å². The van der Waals surface area contributed by atoms with Gasteiger partial charge in [-0.1, -0.05) is 5.92 Å². The fraction of sp³-hybridized carbons (Fsp3) is 0.400. The van der Waals surface area contributed by atoms with Crippen molar-refractivity contribution in [2.45, 2.75) is 25.9 Å². The molecule has 0 saturated carbocycles. The summed E-state index contributed by atoms with van der Waals surface area (Å²) in [5.74, 6) is 2.66. The summed E-state index contributed by atoms with van der Waals surface area (Å²) in [6.07, 6.45) is 10.4. The van der Waals surface area contributed by atoms with Crippen molar-refractivity contribution in [3.63, 3.8) is 0 Å². The van der Waals surface area contributed by atoms with Gasteiger partial charge in [-0.3, -0.25) is 5.32 Å². The molecular formula is C10H13N3. The molecule has 3 heteroatoms. The summed E-state index contributed by atoms with van der Waals surface area (Å²) in [5.41, 5.74) is 0.751. The van der Waals surface area contributed by atoms with Crippen LogP contribution in [0.1, 0.15) is 19.4 Å². The largest absolute Gasteiger partial charge is 0.297 e. The molecule has 68 valence electrons. The molecule has 0 aromatic carbocycles. The standard InChI is InChI=1S/C10H13N3/c1-4-10(2,3)13-7-9-5-11-8-12-6-9/h1,5-6,8,13H,7H2,2-3H3. The predicted octanol–water partition coefficient (Wildman–Crippen LogP) is 0.978. The van der Waals surface area contributed by atoms with E-state index in [1.54, 1.807) is 12.4 Å². The van der Waals surface area contributed by atoms with Crippen LogP contribution in [-0.4, -0.2) is 15.5 Å². The van der Waals surface area contributed by atoms with E-state index in [-0.39, 0.29) is 5.54 Å². The van der Waals surface area contributed by atoms with Crippen molar-refractivity contribution in [3.8, 4) is 12.3 Å². The molecule has 0 atom stereocenters. The molecule has 0 radical (unpaired) electrons. The minimum absolute atomic E-state index is 0.282. The minimum atomic E-state index is -0.282. The minimum Gasteiger partial charge on any atom is -0.297 e. The molecule has 1 N–H and O–H groups in total. The maximum atomic E-state index is 5.33. The van der Waals surface area contributed by atoms with Gasteiger partial charge in [0.25, 0.3) is 0 Å². The highest BCUT2D eigenvalue weighted by molar-refractivity contribution is 5.10. The van der Waals surface area contributed by atoms with Gasteiger partial charge < -0.3 is 0 Å². The van der Waals surface area contributed by atoms with Gasteiger partial charge in [0.05, 0.1) is 5.54 Å². The van der Waals surface area contributed by atoms with E-state index in [4.69, 9.17) is 6.42 Å². The first kappa shape index (κ1) is 9.69. The number of hydrogen-bond acceptors (Lipinski definition) is 3. The lowest BCUT2D eigenvalue weighted by molar-refractivity contribution is 0.490. The summed E-state index contributed by atoms with van der Waals surface area (Å²) in [4.78, 5) is 7.82. The van der Waals surface area contributed by atoms with Crippen LogP contribution < -0.4 is 5.32 Å². The third-order valence-electron chi connectivity index (χ3n) is 1.71. The quantitative estimate of drug-likeness (QED) is 0.696. The fourth-order valence-electron chi connectivity index (χ4n) is 0.795. The third-order valence-corrected chi connectivity index (χ3v) is 1.71. The zero-order chi connectivity index (χ0) is 9.73. The molecule has 0 unspecified atom stereocenters. The van der Waals surface area contributed by atoms with Crippen molar-refractivity contribution in [2.75, 3.05) is 0 Å². The van der Waals surface area contributed by atoms with Crippen molar-refractivity contribution in [2.24, 2.45) is 0 Å². The van der Waals surface area contributed by atoms with E-state index in [0.29, 0.717) is 6.54 Å². The SMILES string of the molecule is C#CC(C)(C)NCc1cncnc1. The molecule has 1 aromatic rings. The van der Waals surface area contributed by atoms with E-state index in [9.17, 15) is 0 Å². The maximum Gasteiger partial charge on any atom is 0.115 e. The van der Waals surface area contributed by atoms with Crippen LogP contribution in [0.4, 0.5) is 0 Å². The van der Waals surface area contributed by atoms with Crippen LogP contribution in [0.5, 0.6) is 0 Å². The van der Waals surface area contributed by atoms with Crippen LogP contribution in [0.15, 0.2) is 18.7 Å². The van der Waals surface area contributed by atoms with Gasteiger partial charge in [0, 0.05) is 24.5 Å². The summed E-state index contributed by atoms with van der Waals surface area (Å²) in [6.45, 7) is 4.60. The summed E-state index contributed by atoms with van der Waals surface area (Å²) < 4.78 is 0. The average molecular weight is 175 g/mol. The number of hydrogen-bond donors (Lipinski definition) is 1. The molecule has 1 rings (SSSR count). The summed E-state index contributed by atoms with van der Waals surface area (Å²) >= 11 is 0. The van der Waals surface area contributed by atoms with Crippen LogP contribution in [0.2, 0.25) is 0 Å². The molecule has 0 aliphatic heterocycles. The maximum absolute atomic E-state index is 5.33. The van der Waals surface area contributed by atoms with Gasteiger partial charge in [0.1, 0.15) is 6.33 Å². The number of terminal acetylenes is 1. The van der Waals surface area contributed by atoms with E-state index >= 15 is 0 Å². The Morgan fingerprint density at radius 1 is 1.46 bits per heavy atom. The Morgan fingerprint density at radius 3 is 2.62 bits per heavy atom. The van der Waals surface area contributed by atoms with Gasteiger partial charge in [-0.2, -0.15) is 0 Å². The van der Waals surface area contributed by atoms with E-state index in [0.717, 1.165) is 5.56 Å². The van der Waals surface area contributed by atoms with Crippen molar-refractivity contribution in [1.29, 1.82) is 0 Å². The molecular weight excluding hydrogens is 162 g/mol. The van der Waals surface area contributed by atoms with E-state index < -0.39 is 0 Å². The average Bonchev–Trinajstić information content (AvgIpc) is 2.17. The molecule has 0 aliphatic carbocycles. The molecule has 3 nitrogen and oxygen atoms in total. The van der Waals surface area contributed by atoms with Crippen LogP contribution in [-0.2, 0) is 6.54 Å². The molecule has 0 spiro atoms. The van der Waals surface area contributed by atoms with Crippen LogP contribution in [0.3, 0.4) is 0 Å². The van der Waals surface area contributed by atoms with Crippen LogP contribution >= 0.6 is 0 Å². The Bertz CT molecular complexity index is 298. The van der Waals surface area contributed by atoms with E-state index in [1.165, 1.54) is 6.33 Å². The first-order valence-corrected chi connectivity index (χ1v) is 4.11. The zero-order valence-electron chi connectivity index (χ0n) is 7.91. The second-order valence-corrected chi connectivity index (χ2v) is 3.37. The second kappa shape index (κ2) is 4.01. The van der Waals surface area contributed by atoms with Crippen molar-refractivity contribution >= 4 is 0 Å². The Morgan fingerprint density at radius 2 is 2.08 bits per heavy atom. The predicted molar refractivity (Wildman–Crippen MR) is 51.8 cm³/mol. The van der Waals surface area contributed by atoms with Crippen LogP contribution in [0, 0.1) is 12.3 Å². The first-order chi connectivity index (χ1) is 6.14. The highest BCUT2D eigenvalue weighted by Gasteiger charge is 2.11. The Balaban J connectivity index is 2.50. The Labute approximate surface area is 78.6 Å². The monoisotopic (exact) mass is 175 g/mol. The third kappa shape index (κ3) is 3.22. The lowest BCUT2D eigenvalue weighted by Crippen LogP contribution is -2.36. The second-order valence-electron chi connectivity index (χ2n) is 3.37. The molecule has 0 fully saturated rings. The molecule has 0 bridgehead atoms. The normalized spacial score (nSPS) is 10.8.